The van der Waals surface area contributed by atoms with Crippen LogP contribution in [-0.4, -0.2) is 63.5 Å². The highest BCUT2D eigenvalue weighted by Crippen LogP contribution is 2.33. The van der Waals surface area contributed by atoms with E-state index in [1.165, 1.54) is 0 Å². The Kier molecular flexibility index (Phi) is 16.6. The molecule has 0 atom stereocenters. The predicted molar refractivity (Wildman–Crippen MR) is 161 cm³/mol. The zero-order valence-corrected chi connectivity index (χ0v) is 24.6. The molecule has 0 aliphatic rings. The van der Waals surface area contributed by atoms with Crippen molar-refractivity contribution in [1.29, 1.82) is 0 Å². The van der Waals surface area contributed by atoms with Crippen molar-refractivity contribution in [3.8, 4) is 11.5 Å². The van der Waals surface area contributed by atoms with Gasteiger partial charge in [0, 0.05) is 29.7 Å². The second-order valence-electron chi connectivity index (χ2n) is 8.86. The van der Waals surface area contributed by atoms with Gasteiger partial charge in [-0.15, -0.1) is 0 Å². The van der Waals surface area contributed by atoms with Crippen LogP contribution in [0, 0.1) is 0 Å². The van der Waals surface area contributed by atoms with Gasteiger partial charge in [0.25, 0.3) is 0 Å². The Labute approximate surface area is 252 Å². The third-order valence-electron chi connectivity index (χ3n) is 5.58. The Balaban J connectivity index is 0.000000650. The van der Waals surface area contributed by atoms with Crippen LogP contribution < -0.4 is 9.47 Å². The molecule has 0 fully saturated rings. The number of rotatable bonds is 17. The van der Waals surface area contributed by atoms with Crippen molar-refractivity contribution in [2.75, 3.05) is 39.6 Å². The standard InChI is InChI=1S/C25H28O6.C8H10O4/c1-5-23(26)30-17-15-28-21-11-7-19(8-12-21)25(3,4)20-9-13-22(14-10-20)29-16-18-31-24(27)6-2;1-3-7(9)11-5-6-12-8(10)4-2/h5-14H,1-2,15-18H2,3-4H3;3-4H,1-2,5-6H2. The van der Waals surface area contributed by atoms with Gasteiger partial charge in [0.2, 0.25) is 0 Å². The lowest BCUT2D eigenvalue weighted by molar-refractivity contribution is -0.146. The van der Waals surface area contributed by atoms with Crippen LogP contribution in [0.15, 0.2) is 99.2 Å². The molecule has 0 radical (unpaired) electrons. The van der Waals surface area contributed by atoms with Gasteiger partial charge in [-0.3, -0.25) is 0 Å². The lowest BCUT2D eigenvalue weighted by Gasteiger charge is -2.26. The minimum absolute atomic E-state index is 0.0322. The van der Waals surface area contributed by atoms with Crippen molar-refractivity contribution in [1.82, 2.24) is 0 Å². The molecule has 2 aromatic carbocycles. The van der Waals surface area contributed by atoms with Gasteiger partial charge in [-0.2, -0.15) is 0 Å². The summed E-state index contributed by atoms with van der Waals surface area (Å²) < 4.78 is 30.0. The highest BCUT2D eigenvalue weighted by molar-refractivity contribution is 5.82. The minimum atomic E-state index is -0.537. The number of hydrogen-bond acceptors (Lipinski definition) is 10. The quantitative estimate of drug-likeness (QED) is 0.110. The summed E-state index contributed by atoms with van der Waals surface area (Å²) in [6, 6.07) is 15.7. The Hall–Kier alpha value is -5.12. The maximum absolute atomic E-state index is 11.0. The van der Waals surface area contributed by atoms with Crippen molar-refractivity contribution in [3.63, 3.8) is 0 Å². The van der Waals surface area contributed by atoms with Crippen LogP contribution in [0.2, 0.25) is 0 Å². The molecule has 2 aromatic rings. The summed E-state index contributed by atoms with van der Waals surface area (Å²) in [6.07, 6.45) is 4.32. The van der Waals surface area contributed by atoms with E-state index < -0.39 is 23.9 Å². The van der Waals surface area contributed by atoms with Crippen LogP contribution in [0.3, 0.4) is 0 Å². The maximum Gasteiger partial charge on any atom is 0.330 e. The topological polar surface area (TPSA) is 124 Å². The van der Waals surface area contributed by atoms with Gasteiger partial charge in [-0.05, 0) is 35.4 Å². The van der Waals surface area contributed by atoms with E-state index >= 15 is 0 Å². The number of hydrogen-bond donors (Lipinski definition) is 0. The summed E-state index contributed by atoms with van der Waals surface area (Å²) >= 11 is 0. The molecule has 2 rings (SSSR count). The lowest BCUT2D eigenvalue weighted by Crippen LogP contribution is -2.19. The first kappa shape index (κ1) is 35.9. The van der Waals surface area contributed by atoms with Crippen molar-refractivity contribution >= 4 is 23.9 Å². The Morgan fingerprint density at radius 2 is 0.767 bits per heavy atom. The number of benzene rings is 2. The van der Waals surface area contributed by atoms with Crippen molar-refractivity contribution in [3.05, 3.63) is 110 Å². The monoisotopic (exact) mass is 594 g/mol. The van der Waals surface area contributed by atoms with E-state index in [4.69, 9.17) is 18.9 Å². The summed E-state index contributed by atoms with van der Waals surface area (Å²) in [5, 5.41) is 0. The molecular weight excluding hydrogens is 556 g/mol. The molecule has 0 bridgehead atoms. The first-order valence-electron chi connectivity index (χ1n) is 13.2. The molecule has 0 unspecified atom stereocenters. The lowest BCUT2D eigenvalue weighted by atomic mass is 9.78. The number of carbonyl (C=O) groups excluding carboxylic acids is 4. The molecule has 0 aliphatic heterocycles. The molecule has 0 aromatic heterocycles. The summed E-state index contributed by atoms with van der Waals surface area (Å²) in [6.45, 7) is 18.3. The molecule has 0 spiro atoms. The molecule has 0 amide bonds. The fourth-order valence-electron chi connectivity index (χ4n) is 3.23. The van der Waals surface area contributed by atoms with Crippen molar-refractivity contribution in [2.24, 2.45) is 0 Å². The molecule has 0 saturated carbocycles. The Bertz CT molecular complexity index is 1130. The Morgan fingerprint density at radius 3 is 1.02 bits per heavy atom. The molecule has 10 nitrogen and oxygen atoms in total. The molecule has 10 heteroatoms. The van der Waals surface area contributed by atoms with Crippen LogP contribution >= 0.6 is 0 Å². The van der Waals surface area contributed by atoms with Crippen LogP contribution in [0.4, 0.5) is 0 Å². The zero-order chi connectivity index (χ0) is 32.1. The first-order valence-corrected chi connectivity index (χ1v) is 13.2. The van der Waals surface area contributed by atoms with Crippen LogP contribution in [0.5, 0.6) is 11.5 Å². The van der Waals surface area contributed by atoms with Gasteiger partial charge in [-0.1, -0.05) is 64.4 Å². The normalized spacial score (nSPS) is 10.0. The van der Waals surface area contributed by atoms with E-state index in [-0.39, 0.29) is 45.1 Å². The van der Waals surface area contributed by atoms with Crippen LogP contribution in [0.25, 0.3) is 0 Å². The van der Waals surface area contributed by atoms with Crippen molar-refractivity contribution < 1.29 is 47.6 Å². The van der Waals surface area contributed by atoms with Gasteiger partial charge < -0.3 is 28.4 Å². The molecule has 0 saturated heterocycles. The second kappa shape index (κ2) is 19.9. The fraction of sp³-hybridized carbons (Fsp3) is 0.273. The third kappa shape index (κ3) is 14.4. The molecule has 0 N–H and O–H groups in total. The van der Waals surface area contributed by atoms with E-state index in [1.807, 2.05) is 48.5 Å². The number of carbonyl (C=O) groups is 4. The highest BCUT2D eigenvalue weighted by atomic mass is 16.6. The number of esters is 4. The highest BCUT2D eigenvalue weighted by Gasteiger charge is 2.23. The molecule has 43 heavy (non-hydrogen) atoms. The van der Waals surface area contributed by atoms with Gasteiger partial charge in [0.1, 0.15) is 51.1 Å². The first-order chi connectivity index (χ1) is 20.6. The van der Waals surface area contributed by atoms with Crippen molar-refractivity contribution in [2.45, 2.75) is 19.3 Å². The summed E-state index contributed by atoms with van der Waals surface area (Å²) in [7, 11) is 0. The van der Waals surface area contributed by atoms with Gasteiger partial charge in [-0.25, -0.2) is 19.2 Å². The minimum Gasteiger partial charge on any atom is -0.490 e. The molecule has 230 valence electrons. The van der Waals surface area contributed by atoms with E-state index in [9.17, 15) is 19.2 Å². The SMILES string of the molecule is C=CC(=O)OCCOC(=O)C=C.C=CC(=O)OCCOc1ccc(C(C)(C)c2ccc(OCCOC(=O)C=C)cc2)cc1. The summed E-state index contributed by atoms with van der Waals surface area (Å²) in [4.78, 5) is 42.9. The third-order valence-corrected chi connectivity index (χ3v) is 5.58. The van der Waals surface area contributed by atoms with Crippen LogP contribution in [0.1, 0.15) is 25.0 Å². The van der Waals surface area contributed by atoms with Gasteiger partial charge >= 0.3 is 23.9 Å². The number of ether oxygens (including phenoxy) is 6. The fourth-order valence-corrected chi connectivity index (χ4v) is 3.23. The average molecular weight is 595 g/mol. The van der Waals surface area contributed by atoms with Gasteiger partial charge in [0.05, 0.1) is 0 Å². The molecule has 0 heterocycles. The van der Waals surface area contributed by atoms with E-state index in [0.29, 0.717) is 11.5 Å². The van der Waals surface area contributed by atoms with E-state index in [1.54, 1.807) is 0 Å². The predicted octanol–water partition coefficient (Wildman–Crippen LogP) is 4.67. The zero-order valence-electron chi connectivity index (χ0n) is 24.6. The average Bonchev–Trinajstić information content (AvgIpc) is 3.03. The summed E-state index contributed by atoms with van der Waals surface area (Å²) in [5.41, 5.74) is 2.03. The smallest absolute Gasteiger partial charge is 0.330 e. The van der Waals surface area contributed by atoms with E-state index in [0.717, 1.165) is 35.4 Å². The summed E-state index contributed by atoms with van der Waals surface area (Å²) in [5.74, 6) is -0.596. The molecule has 0 aliphatic carbocycles. The maximum atomic E-state index is 11.0. The molecular formula is C33H38O10. The van der Waals surface area contributed by atoms with Gasteiger partial charge in [0.15, 0.2) is 0 Å². The Morgan fingerprint density at radius 1 is 0.512 bits per heavy atom. The second-order valence-corrected chi connectivity index (χ2v) is 8.86. The van der Waals surface area contributed by atoms with Crippen LogP contribution in [-0.2, 0) is 43.5 Å². The largest absolute Gasteiger partial charge is 0.490 e. The van der Waals surface area contributed by atoms with E-state index in [2.05, 4.69) is 49.6 Å².